The fourth-order valence-corrected chi connectivity index (χ4v) is 6.04. The molecule has 2 aromatic rings. The molecule has 1 saturated heterocycles. The van der Waals surface area contributed by atoms with Gasteiger partial charge in [0.2, 0.25) is 0 Å². The fraction of sp³-hybridized carbons (Fsp3) is 0.600. The van der Waals surface area contributed by atoms with Crippen molar-refractivity contribution in [1.82, 2.24) is 19.5 Å². The standard InChI is InChI=1S/C15H24N5O13P3/c1-15(2,3)14(21)31-8-4-10(20-7-19-11-12(16)17-6-18-13(11)20)30-9(8)5-29-35(25,26)33-36(27,28)32-34(22,23)24/h6-10H,4-5H2,1-3H3,(H,25,26)(H,27,28)(H2,16,17,18)(H2,22,23,24)/t8-,9+,10+/m0/s1. The largest absolute Gasteiger partial charge is 0.490 e. The summed E-state index contributed by atoms with van der Waals surface area (Å²) < 4.78 is 59.3. The zero-order valence-electron chi connectivity index (χ0n) is 19.0. The zero-order chi connectivity index (χ0) is 27.1. The molecule has 2 unspecified atom stereocenters. The molecular formula is C15H24N5O13P3. The van der Waals surface area contributed by atoms with Gasteiger partial charge in [0.15, 0.2) is 11.5 Å². The Labute approximate surface area is 203 Å². The summed E-state index contributed by atoms with van der Waals surface area (Å²) in [5, 5.41) is 0. The number of nitrogen functional groups attached to an aromatic ring is 1. The van der Waals surface area contributed by atoms with Gasteiger partial charge in [-0.15, -0.1) is 0 Å². The number of phosphoric ester groups is 1. The second kappa shape index (κ2) is 10.2. The second-order valence-electron chi connectivity index (χ2n) is 8.53. The number of fused-ring (bicyclic) bond motifs is 1. The maximum Gasteiger partial charge on any atom is 0.490 e. The molecule has 3 rings (SSSR count). The average Bonchev–Trinajstić information content (AvgIpc) is 3.27. The molecular weight excluding hydrogens is 551 g/mol. The molecule has 1 aliphatic rings. The van der Waals surface area contributed by atoms with E-state index in [2.05, 4.69) is 28.1 Å². The van der Waals surface area contributed by atoms with Crippen molar-refractivity contribution in [2.45, 2.75) is 45.6 Å². The number of phosphoric acid groups is 3. The van der Waals surface area contributed by atoms with Crippen molar-refractivity contribution in [3.05, 3.63) is 12.7 Å². The molecule has 1 fully saturated rings. The van der Waals surface area contributed by atoms with Crippen LogP contribution < -0.4 is 5.73 Å². The van der Waals surface area contributed by atoms with Crippen LogP contribution in [0.25, 0.3) is 11.2 Å². The molecule has 0 saturated carbocycles. The Morgan fingerprint density at radius 3 is 2.42 bits per heavy atom. The summed E-state index contributed by atoms with van der Waals surface area (Å²) in [7, 11) is -16.7. The number of nitrogens with zero attached hydrogens (tertiary/aromatic N) is 4. The number of rotatable bonds is 9. The van der Waals surface area contributed by atoms with E-state index in [1.807, 2.05) is 0 Å². The summed E-state index contributed by atoms with van der Waals surface area (Å²) in [6, 6.07) is 0. The third-order valence-electron chi connectivity index (χ3n) is 4.57. The molecule has 0 amide bonds. The first-order valence-electron chi connectivity index (χ1n) is 9.95. The lowest BCUT2D eigenvalue weighted by Gasteiger charge is -2.24. The van der Waals surface area contributed by atoms with Gasteiger partial charge in [-0.25, -0.2) is 28.6 Å². The van der Waals surface area contributed by atoms with E-state index in [0.29, 0.717) is 5.65 Å². The molecule has 1 aliphatic heterocycles. The molecule has 36 heavy (non-hydrogen) atoms. The Morgan fingerprint density at radius 1 is 1.14 bits per heavy atom. The van der Waals surface area contributed by atoms with Crippen LogP contribution in [-0.4, -0.2) is 63.9 Å². The van der Waals surface area contributed by atoms with Crippen LogP contribution in [-0.2, 0) is 41.1 Å². The number of esters is 1. The van der Waals surface area contributed by atoms with Gasteiger partial charge in [-0.1, -0.05) is 0 Å². The van der Waals surface area contributed by atoms with Crippen LogP contribution in [0.1, 0.15) is 33.4 Å². The van der Waals surface area contributed by atoms with Crippen LogP contribution in [0.15, 0.2) is 12.7 Å². The lowest BCUT2D eigenvalue weighted by molar-refractivity contribution is -0.162. The van der Waals surface area contributed by atoms with E-state index in [1.165, 1.54) is 17.2 Å². The van der Waals surface area contributed by atoms with Crippen LogP contribution in [0, 0.1) is 5.41 Å². The number of imidazole rings is 1. The first-order valence-corrected chi connectivity index (χ1v) is 14.5. The summed E-state index contributed by atoms with van der Waals surface area (Å²) in [5.41, 5.74) is 5.45. The fourth-order valence-electron chi connectivity index (χ4n) is 3.01. The highest BCUT2D eigenvalue weighted by Gasteiger charge is 2.45. The number of carbonyl (C=O) groups is 1. The number of carbonyl (C=O) groups excluding carboxylic acids is 1. The Bertz CT molecular complexity index is 1270. The predicted octanol–water partition coefficient (Wildman–Crippen LogP) is 0.997. The maximum atomic E-state index is 12.5. The number of aromatic nitrogens is 4. The van der Waals surface area contributed by atoms with Crippen molar-refractivity contribution in [3.63, 3.8) is 0 Å². The normalized spacial score (nSPS) is 24.4. The van der Waals surface area contributed by atoms with Gasteiger partial charge in [0, 0.05) is 6.42 Å². The van der Waals surface area contributed by atoms with Crippen molar-refractivity contribution >= 4 is 46.4 Å². The number of nitrogens with two attached hydrogens (primary N) is 1. The Kier molecular flexibility index (Phi) is 8.11. The molecule has 3 heterocycles. The predicted molar refractivity (Wildman–Crippen MR) is 117 cm³/mol. The molecule has 0 spiro atoms. The smallest absolute Gasteiger partial charge is 0.459 e. The van der Waals surface area contributed by atoms with Gasteiger partial charge in [-0.05, 0) is 20.8 Å². The van der Waals surface area contributed by atoms with E-state index in [1.54, 1.807) is 20.8 Å². The van der Waals surface area contributed by atoms with Crippen LogP contribution in [0.3, 0.4) is 0 Å². The summed E-state index contributed by atoms with van der Waals surface area (Å²) >= 11 is 0. The van der Waals surface area contributed by atoms with E-state index < -0.39 is 59.9 Å². The summed E-state index contributed by atoms with van der Waals surface area (Å²) in [4.78, 5) is 60.8. The minimum absolute atomic E-state index is 0.0155. The van der Waals surface area contributed by atoms with Gasteiger partial charge < -0.3 is 34.8 Å². The molecule has 0 bridgehead atoms. The van der Waals surface area contributed by atoms with Crippen molar-refractivity contribution in [2.75, 3.05) is 12.3 Å². The van der Waals surface area contributed by atoms with Crippen molar-refractivity contribution < 1.29 is 60.7 Å². The molecule has 21 heteroatoms. The average molecular weight is 575 g/mol. The van der Waals surface area contributed by atoms with Gasteiger partial charge in [0.25, 0.3) is 0 Å². The van der Waals surface area contributed by atoms with Crippen molar-refractivity contribution in [1.29, 1.82) is 0 Å². The first-order chi connectivity index (χ1) is 16.4. The molecule has 0 aromatic carbocycles. The second-order valence-corrected chi connectivity index (χ2v) is 12.9. The SMILES string of the molecule is CC(C)(C)C(=O)O[C@H]1C[C@H](n2cnc3c(N)ncnc32)O[C@@H]1COP(=O)(O)OP(=O)(O)OP(=O)(O)O. The molecule has 202 valence electrons. The van der Waals surface area contributed by atoms with Crippen LogP contribution in [0.4, 0.5) is 5.82 Å². The highest BCUT2D eigenvalue weighted by molar-refractivity contribution is 7.66. The number of anilines is 1. The Balaban J connectivity index is 1.79. The summed E-state index contributed by atoms with van der Waals surface area (Å²) in [6.07, 6.45) is -0.533. The van der Waals surface area contributed by atoms with Crippen LogP contribution in [0.5, 0.6) is 0 Å². The monoisotopic (exact) mass is 575 g/mol. The number of hydrogen-bond donors (Lipinski definition) is 5. The quantitative estimate of drug-likeness (QED) is 0.206. The molecule has 6 N–H and O–H groups in total. The molecule has 5 atom stereocenters. The third kappa shape index (κ3) is 7.37. The number of hydrogen-bond acceptors (Lipinski definition) is 13. The topological polar surface area (TPSA) is 265 Å². The van der Waals surface area contributed by atoms with Crippen LogP contribution in [0.2, 0.25) is 0 Å². The first kappa shape index (κ1) is 28.8. The van der Waals surface area contributed by atoms with E-state index >= 15 is 0 Å². The van der Waals surface area contributed by atoms with E-state index in [0.717, 1.165) is 0 Å². The molecule has 2 aromatic heterocycles. The molecule has 0 aliphatic carbocycles. The minimum atomic E-state index is -5.71. The van der Waals surface area contributed by atoms with Gasteiger partial charge in [0.1, 0.15) is 30.3 Å². The molecule has 18 nitrogen and oxygen atoms in total. The minimum Gasteiger partial charge on any atom is -0.459 e. The van der Waals surface area contributed by atoms with E-state index in [-0.39, 0.29) is 17.8 Å². The zero-order valence-corrected chi connectivity index (χ0v) is 21.7. The lowest BCUT2D eigenvalue weighted by Crippen LogP contribution is -2.35. The highest BCUT2D eigenvalue weighted by atomic mass is 31.3. The Hall–Kier alpha value is -1.81. The van der Waals surface area contributed by atoms with Crippen LogP contribution >= 0.6 is 23.5 Å². The van der Waals surface area contributed by atoms with Gasteiger partial charge in [0.05, 0.1) is 18.3 Å². The summed E-state index contributed by atoms with van der Waals surface area (Å²) in [5.74, 6) is -0.515. The van der Waals surface area contributed by atoms with Gasteiger partial charge >= 0.3 is 29.4 Å². The maximum absolute atomic E-state index is 12.5. The lowest BCUT2D eigenvalue weighted by atomic mass is 9.97. The third-order valence-corrected chi connectivity index (χ3v) is 8.37. The molecule has 0 radical (unpaired) electrons. The van der Waals surface area contributed by atoms with Gasteiger partial charge in [-0.2, -0.15) is 8.62 Å². The van der Waals surface area contributed by atoms with Crippen molar-refractivity contribution in [3.8, 4) is 0 Å². The number of ether oxygens (including phenoxy) is 2. The highest BCUT2D eigenvalue weighted by Crippen LogP contribution is 2.66. The Morgan fingerprint density at radius 2 is 1.81 bits per heavy atom. The van der Waals surface area contributed by atoms with E-state index in [9.17, 15) is 28.3 Å². The summed E-state index contributed by atoms with van der Waals surface area (Å²) in [6.45, 7) is 4.00. The van der Waals surface area contributed by atoms with E-state index in [4.69, 9.17) is 25.0 Å². The van der Waals surface area contributed by atoms with Gasteiger partial charge in [-0.3, -0.25) is 13.9 Å². The van der Waals surface area contributed by atoms with Crippen molar-refractivity contribution in [2.24, 2.45) is 5.41 Å².